The van der Waals surface area contributed by atoms with Gasteiger partial charge in [-0.1, -0.05) is 67.5 Å². The van der Waals surface area contributed by atoms with E-state index in [1.165, 1.54) is 0 Å². The van der Waals surface area contributed by atoms with Crippen molar-refractivity contribution in [2.75, 3.05) is 213 Å². The van der Waals surface area contributed by atoms with Gasteiger partial charge in [-0.05, 0) is 45.2 Å². The fraction of sp³-hybridized carbons (Fsp3) is 0.786. The summed E-state index contributed by atoms with van der Waals surface area (Å²) < 4.78 is 91.7. The Morgan fingerprint density at radius 1 is 0.288 bits per heavy atom. The Hall–Kier alpha value is -2.40. The van der Waals surface area contributed by atoms with E-state index in [-0.39, 0.29) is 10.8 Å². The molecule has 1 heterocycles. The van der Waals surface area contributed by atoms with Crippen LogP contribution in [0.25, 0.3) is 11.1 Å². The monoisotopic (exact) mass is 1040 g/mol. The zero-order valence-electron chi connectivity index (χ0n) is 47.1. The first-order chi connectivity index (χ1) is 35.1. The Balaban J connectivity index is 1.98. The van der Waals surface area contributed by atoms with Crippen molar-refractivity contribution in [2.45, 2.75) is 77.0 Å². The summed E-state index contributed by atoms with van der Waals surface area (Å²) in [5, 5.41) is 5.54. The maximum Gasteiger partial charge on any atom is 0.0753 e. The summed E-state index contributed by atoms with van der Waals surface area (Å²) in [6.45, 7) is 31.2. The predicted molar refractivity (Wildman–Crippen MR) is 283 cm³/mol. The van der Waals surface area contributed by atoms with Crippen molar-refractivity contribution < 1.29 is 75.8 Å². The van der Waals surface area contributed by atoms with Crippen LogP contribution >= 0.6 is 0 Å². The smallest absolute Gasteiger partial charge is 0.0753 e. The van der Waals surface area contributed by atoms with E-state index in [0.29, 0.717) is 185 Å². The molecule has 421 valence electrons. The van der Waals surface area contributed by atoms with E-state index in [1.54, 1.807) is 28.4 Å². The highest BCUT2D eigenvalue weighted by molar-refractivity contribution is 5.95. The Labute approximate surface area is 439 Å². The van der Waals surface area contributed by atoms with Gasteiger partial charge in [0.1, 0.15) is 0 Å². The summed E-state index contributed by atoms with van der Waals surface area (Å²) in [6, 6.07) is 9.24. The van der Waals surface area contributed by atoms with Crippen LogP contribution in [0.5, 0.6) is 0 Å². The first kappa shape index (κ1) is 64.9. The molecule has 2 aromatic rings. The Kier molecular flexibility index (Phi) is 32.5. The van der Waals surface area contributed by atoms with Gasteiger partial charge < -0.3 is 75.8 Å². The Morgan fingerprint density at radius 3 is 0.699 bits per heavy atom. The van der Waals surface area contributed by atoms with Crippen LogP contribution in [0.15, 0.2) is 24.3 Å². The van der Waals surface area contributed by atoms with Crippen molar-refractivity contribution in [3.63, 3.8) is 0 Å². The van der Waals surface area contributed by atoms with E-state index in [4.69, 9.17) is 81.1 Å². The van der Waals surface area contributed by atoms with Crippen molar-refractivity contribution >= 4 is 11.4 Å². The van der Waals surface area contributed by atoms with Gasteiger partial charge in [-0.3, -0.25) is 0 Å². The largest absolute Gasteiger partial charge is 0.382 e. The maximum atomic E-state index is 6.44. The molecule has 0 aromatic heterocycles. The molecule has 0 aliphatic carbocycles. The lowest BCUT2D eigenvalue weighted by atomic mass is 9.75. The zero-order valence-corrected chi connectivity index (χ0v) is 47.1. The highest BCUT2D eigenvalue weighted by Gasteiger charge is 2.39. The van der Waals surface area contributed by atoms with E-state index in [2.05, 4.69) is 79.7 Å². The number of rotatable bonds is 46. The van der Waals surface area contributed by atoms with Crippen LogP contribution in [0, 0.1) is 0 Å². The minimum absolute atomic E-state index is 0.246. The molecule has 3 rings (SSSR count). The van der Waals surface area contributed by atoms with Crippen molar-refractivity contribution in [1.82, 2.24) is 5.32 Å². The third-order valence-corrected chi connectivity index (χ3v) is 12.1. The molecule has 0 amide bonds. The fourth-order valence-corrected chi connectivity index (χ4v) is 7.81. The second-order valence-corrected chi connectivity index (χ2v) is 20.7. The number of methoxy groups -OCH3 is 4. The van der Waals surface area contributed by atoms with Crippen LogP contribution in [0.3, 0.4) is 0 Å². The molecule has 0 saturated heterocycles. The van der Waals surface area contributed by atoms with Crippen molar-refractivity contribution in [3.8, 4) is 11.1 Å². The molecule has 0 atom stereocenters. The number of benzene rings is 2. The van der Waals surface area contributed by atoms with Crippen molar-refractivity contribution in [2.24, 2.45) is 0 Å². The second-order valence-electron chi connectivity index (χ2n) is 20.7. The van der Waals surface area contributed by atoms with Crippen LogP contribution in [0.4, 0.5) is 11.4 Å². The average molecular weight is 1040 g/mol. The SMILES string of the molecule is COCCOCCOCCOCC(C)(COCCOCCOCCOC)c1cc2c(c(C(C)(C)C)c1)[N]c1c-2cc(C(C)(COCCOCCOCCOC)COCCOCCOCCOC)cc1C(C)(C)C. The van der Waals surface area contributed by atoms with Crippen molar-refractivity contribution in [1.29, 1.82) is 0 Å². The van der Waals surface area contributed by atoms with Gasteiger partial charge in [-0.15, -0.1) is 0 Å². The summed E-state index contributed by atoms with van der Waals surface area (Å²) in [5.74, 6) is 0. The van der Waals surface area contributed by atoms with Gasteiger partial charge in [0.25, 0.3) is 0 Å². The van der Waals surface area contributed by atoms with Crippen LogP contribution < -0.4 is 5.32 Å². The molecule has 0 bridgehead atoms. The van der Waals surface area contributed by atoms with E-state index >= 15 is 0 Å². The average Bonchev–Trinajstić information content (AvgIpc) is 3.73. The molecule has 2 aromatic carbocycles. The normalized spacial score (nSPS) is 13.0. The van der Waals surface area contributed by atoms with Crippen LogP contribution in [0.1, 0.15) is 77.6 Å². The highest BCUT2D eigenvalue weighted by Crippen LogP contribution is 2.53. The van der Waals surface area contributed by atoms with Crippen LogP contribution in [0.2, 0.25) is 0 Å². The molecule has 17 nitrogen and oxygen atoms in total. The van der Waals surface area contributed by atoms with E-state index in [9.17, 15) is 0 Å². The molecule has 73 heavy (non-hydrogen) atoms. The second kappa shape index (κ2) is 36.6. The molecule has 0 fully saturated rings. The summed E-state index contributed by atoms with van der Waals surface area (Å²) in [5.41, 5.74) is 7.04. The highest BCUT2D eigenvalue weighted by atomic mass is 16.6. The van der Waals surface area contributed by atoms with Gasteiger partial charge in [0.15, 0.2) is 0 Å². The number of hydrogen-bond donors (Lipinski definition) is 0. The van der Waals surface area contributed by atoms with Gasteiger partial charge in [-0.2, -0.15) is 0 Å². The number of hydrogen-bond acceptors (Lipinski definition) is 16. The summed E-state index contributed by atoms with van der Waals surface area (Å²) in [7, 11) is 6.63. The molecule has 0 unspecified atom stereocenters. The first-order valence-corrected chi connectivity index (χ1v) is 26.1. The first-order valence-electron chi connectivity index (χ1n) is 26.1. The maximum absolute atomic E-state index is 6.44. The zero-order chi connectivity index (χ0) is 53.3. The van der Waals surface area contributed by atoms with Gasteiger partial charge in [0, 0.05) is 50.4 Å². The molecular formula is C56H96NO16. The standard InChI is InChI=1S/C56H96NO16/c1-53(2,3)49-39-45(55(7,41-70-33-29-66-25-21-62-17-13-58-9)42-71-34-30-67-26-22-63-18-14-59-10)37-47-48-38-46(40-50(54(4,5)6)52(48)57-51(47)49)56(8,43-72-35-31-68-27-23-64-19-15-60-11)44-73-36-32-69-28-24-65-20-16-61-12/h37-40H,13-36,41-44H2,1-12H3. The van der Waals surface area contributed by atoms with Gasteiger partial charge in [-0.25, -0.2) is 5.32 Å². The van der Waals surface area contributed by atoms with Gasteiger partial charge in [0.2, 0.25) is 0 Å². The Bertz CT molecular complexity index is 1560. The minimum Gasteiger partial charge on any atom is -0.382 e. The number of nitrogens with zero attached hydrogens (tertiary/aromatic N) is 1. The quantitative estimate of drug-likeness (QED) is 0.0525. The predicted octanol–water partition coefficient (Wildman–Crippen LogP) is 7.13. The van der Waals surface area contributed by atoms with E-state index < -0.39 is 10.8 Å². The minimum atomic E-state index is -0.554. The van der Waals surface area contributed by atoms with Crippen LogP contribution in [-0.2, 0) is 97.4 Å². The van der Waals surface area contributed by atoms with Gasteiger partial charge >= 0.3 is 0 Å². The molecular weight excluding hydrogens is 943 g/mol. The Morgan fingerprint density at radius 2 is 0.493 bits per heavy atom. The third kappa shape index (κ3) is 24.6. The lowest BCUT2D eigenvalue weighted by molar-refractivity contribution is -0.0267. The fourth-order valence-electron chi connectivity index (χ4n) is 7.81. The van der Waals surface area contributed by atoms with Gasteiger partial charge in [0.05, 0.1) is 196 Å². The van der Waals surface area contributed by atoms with Crippen LogP contribution in [-0.4, -0.2) is 213 Å². The molecule has 0 N–H and O–H groups in total. The number of ether oxygens (including phenoxy) is 16. The van der Waals surface area contributed by atoms with E-state index in [0.717, 1.165) is 44.8 Å². The van der Waals surface area contributed by atoms with Crippen molar-refractivity contribution in [3.05, 3.63) is 46.5 Å². The molecule has 1 aliphatic heterocycles. The lowest BCUT2D eigenvalue weighted by Crippen LogP contribution is -2.35. The molecule has 17 heteroatoms. The summed E-state index contributed by atoms with van der Waals surface area (Å²) >= 11 is 0. The molecule has 1 aliphatic rings. The molecule has 0 saturated carbocycles. The molecule has 1 radical (unpaired) electrons. The molecule has 0 spiro atoms. The topological polar surface area (TPSA) is 162 Å². The summed E-state index contributed by atoms with van der Waals surface area (Å²) in [4.78, 5) is 0. The number of fused-ring (bicyclic) bond motifs is 3. The van der Waals surface area contributed by atoms with E-state index in [1.807, 2.05) is 0 Å². The third-order valence-electron chi connectivity index (χ3n) is 12.1. The lowest BCUT2D eigenvalue weighted by Gasteiger charge is -2.33. The summed E-state index contributed by atoms with van der Waals surface area (Å²) in [6.07, 6.45) is 0.